The minimum Gasteiger partial charge on any atom is -0.392 e. The summed E-state index contributed by atoms with van der Waals surface area (Å²) in [7, 11) is 0. The highest BCUT2D eigenvalue weighted by molar-refractivity contribution is 8.14. The summed E-state index contributed by atoms with van der Waals surface area (Å²) in [5.74, 6) is 1.05. The fourth-order valence-electron chi connectivity index (χ4n) is 8.91. The molecule has 0 saturated heterocycles. The molecule has 0 radical (unpaired) electrons. The van der Waals surface area contributed by atoms with Crippen LogP contribution in [0.3, 0.4) is 0 Å². The highest BCUT2D eigenvalue weighted by Gasteiger charge is 2.18. The first-order chi connectivity index (χ1) is 32.1. The van der Waals surface area contributed by atoms with E-state index in [0.29, 0.717) is 50.8 Å². The fraction of sp³-hybridized carbons (Fsp3) is 0.929. The van der Waals surface area contributed by atoms with Gasteiger partial charge in [0, 0.05) is 50.8 Å². The van der Waals surface area contributed by atoms with E-state index in [9.17, 15) is 30.0 Å². The quantitative estimate of drug-likeness (QED) is 0.0346. The Morgan fingerprint density at radius 2 is 0.545 bits per heavy atom. The molecule has 4 atom stereocenters. The van der Waals surface area contributed by atoms with Gasteiger partial charge < -0.3 is 20.4 Å². The summed E-state index contributed by atoms with van der Waals surface area (Å²) in [6, 6.07) is 0. The van der Waals surface area contributed by atoms with Crippen LogP contribution in [-0.2, 0) is 9.59 Å². The summed E-state index contributed by atoms with van der Waals surface area (Å²) in [4.78, 5) is 30.0. The molecule has 0 spiro atoms. The van der Waals surface area contributed by atoms with E-state index in [2.05, 4.69) is 37.5 Å². The number of nitrogens with zero attached hydrogens (tertiary/aromatic N) is 2. The third kappa shape index (κ3) is 47.2. The molecule has 0 fully saturated rings. The number of hydrogen-bond donors (Lipinski definition) is 4. The normalized spacial score (nSPS) is 13.9. The SMILES string of the molecule is CCCCCCCCCCC(O)CN(CCSC(=O)/C=C/C(=O)SCCN(CC(O)CCCCCCCCCC)CC(O)CCCCCCCCCC)CC(O)CCCCCCCCCC. The van der Waals surface area contributed by atoms with E-state index in [1.54, 1.807) is 0 Å². The van der Waals surface area contributed by atoms with Crippen LogP contribution in [-0.4, -0.2) is 116 Å². The van der Waals surface area contributed by atoms with Gasteiger partial charge in [-0.1, -0.05) is 257 Å². The van der Waals surface area contributed by atoms with E-state index in [-0.39, 0.29) is 10.2 Å². The third-order valence-electron chi connectivity index (χ3n) is 13.1. The fourth-order valence-corrected chi connectivity index (χ4v) is 10.3. The lowest BCUT2D eigenvalue weighted by molar-refractivity contribution is -0.109. The molecule has 66 heavy (non-hydrogen) atoms. The molecule has 4 unspecified atom stereocenters. The van der Waals surface area contributed by atoms with Gasteiger partial charge in [-0.05, 0) is 37.8 Å². The predicted molar refractivity (Wildman–Crippen MR) is 290 cm³/mol. The highest BCUT2D eigenvalue weighted by Crippen LogP contribution is 2.17. The average Bonchev–Trinajstić information content (AvgIpc) is 3.29. The van der Waals surface area contributed by atoms with Crippen LogP contribution in [0.2, 0.25) is 0 Å². The molecule has 8 nitrogen and oxygen atoms in total. The zero-order valence-electron chi connectivity index (χ0n) is 43.9. The number of thioether (sulfide) groups is 2. The van der Waals surface area contributed by atoms with Crippen LogP contribution < -0.4 is 0 Å². The van der Waals surface area contributed by atoms with E-state index >= 15 is 0 Å². The largest absolute Gasteiger partial charge is 0.392 e. The first-order valence-electron chi connectivity index (χ1n) is 28.3. The van der Waals surface area contributed by atoms with E-state index in [0.717, 1.165) is 77.0 Å². The predicted octanol–water partition coefficient (Wildman–Crippen LogP) is 14.2. The molecule has 0 rings (SSSR count). The maximum Gasteiger partial charge on any atom is 0.212 e. The van der Waals surface area contributed by atoms with Gasteiger partial charge in [0.25, 0.3) is 0 Å². The van der Waals surface area contributed by atoms with Crippen LogP contribution >= 0.6 is 23.5 Å². The summed E-state index contributed by atoms with van der Waals surface area (Å²) in [6.45, 7) is 12.1. The standard InChI is InChI=1S/C56H110N2O6S2/c1-5-9-13-17-21-25-29-33-37-51(59)47-57(48-52(60)38-34-30-26-22-18-14-10-6-2)43-45-65-55(63)41-42-56(64)66-46-44-58(49-53(61)39-35-31-27-23-19-15-11-7-3)50-54(62)40-36-32-28-24-20-16-12-8-4/h41-42,51-54,59-62H,5-40,43-50H2,1-4H3/b42-41+. The first-order valence-corrected chi connectivity index (χ1v) is 30.3. The minimum absolute atomic E-state index is 0.169. The van der Waals surface area contributed by atoms with Gasteiger partial charge in [0.2, 0.25) is 10.2 Å². The van der Waals surface area contributed by atoms with Gasteiger partial charge in [0.05, 0.1) is 24.4 Å². The maximum absolute atomic E-state index is 12.9. The van der Waals surface area contributed by atoms with Crippen molar-refractivity contribution in [2.24, 2.45) is 0 Å². The molecule has 4 N–H and O–H groups in total. The molecular formula is C56H110N2O6S2. The second-order valence-electron chi connectivity index (χ2n) is 19.9. The Hall–Kier alpha value is -0.460. The Bertz CT molecular complexity index is 933. The molecule has 0 heterocycles. The van der Waals surface area contributed by atoms with Crippen molar-refractivity contribution >= 4 is 33.8 Å². The van der Waals surface area contributed by atoms with Gasteiger partial charge in [0.15, 0.2) is 0 Å². The highest BCUT2D eigenvalue weighted by atomic mass is 32.2. The molecule has 0 bridgehead atoms. The number of hydrogen-bond acceptors (Lipinski definition) is 10. The molecule has 0 aliphatic rings. The topological polar surface area (TPSA) is 122 Å². The summed E-state index contributed by atoms with van der Waals surface area (Å²) >= 11 is 2.36. The third-order valence-corrected chi connectivity index (χ3v) is 14.7. The van der Waals surface area contributed by atoms with Crippen molar-refractivity contribution in [3.8, 4) is 0 Å². The van der Waals surface area contributed by atoms with E-state index in [1.807, 2.05) is 0 Å². The lowest BCUT2D eigenvalue weighted by atomic mass is 10.0. The zero-order valence-corrected chi connectivity index (χ0v) is 45.5. The minimum atomic E-state index is -0.456. The van der Waals surface area contributed by atoms with Gasteiger partial charge in [-0.25, -0.2) is 0 Å². The number of unbranched alkanes of at least 4 members (excludes halogenated alkanes) is 28. The molecule has 0 aromatic carbocycles. The number of rotatable bonds is 52. The molecule has 0 aliphatic carbocycles. The van der Waals surface area contributed by atoms with Crippen molar-refractivity contribution in [2.75, 3.05) is 50.8 Å². The first kappa shape index (κ1) is 65.5. The number of aliphatic hydroxyl groups excluding tert-OH is 4. The van der Waals surface area contributed by atoms with Crippen LogP contribution in [0.4, 0.5) is 0 Å². The summed E-state index contributed by atoms with van der Waals surface area (Å²) in [5, 5.41) is 43.5. The molecule has 0 saturated carbocycles. The van der Waals surface area contributed by atoms with Gasteiger partial charge in [-0.2, -0.15) is 0 Å². The number of aliphatic hydroxyl groups is 4. The lowest BCUT2D eigenvalue weighted by Crippen LogP contribution is -2.39. The van der Waals surface area contributed by atoms with E-state index < -0.39 is 24.4 Å². The Morgan fingerprint density at radius 3 is 0.758 bits per heavy atom. The lowest BCUT2D eigenvalue weighted by Gasteiger charge is -2.27. The van der Waals surface area contributed by atoms with Crippen LogP contribution in [0.15, 0.2) is 12.2 Å². The Kier molecular flexibility index (Phi) is 50.6. The Labute approximate surface area is 417 Å². The van der Waals surface area contributed by atoms with E-state index in [1.165, 1.54) is 190 Å². The smallest absolute Gasteiger partial charge is 0.212 e. The Morgan fingerprint density at radius 1 is 0.348 bits per heavy atom. The van der Waals surface area contributed by atoms with Crippen LogP contribution in [0.25, 0.3) is 0 Å². The molecule has 392 valence electrons. The molecule has 0 aromatic heterocycles. The van der Waals surface area contributed by atoms with Crippen molar-refractivity contribution in [1.82, 2.24) is 9.80 Å². The van der Waals surface area contributed by atoms with Crippen molar-refractivity contribution in [2.45, 2.75) is 283 Å². The van der Waals surface area contributed by atoms with Crippen molar-refractivity contribution in [1.29, 1.82) is 0 Å². The second kappa shape index (κ2) is 50.9. The van der Waals surface area contributed by atoms with Crippen molar-refractivity contribution in [3.05, 3.63) is 12.2 Å². The summed E-state index contributed by atoms with van der Waals surface area (Å²) in [6.07, 6.45) is 43.3. The van der Waals surface area contributed by atoms with Crippen LogP contribution in [0.5, 0.6) is 0 Å². The second-order valence-corrected chi connectivity index (χ2v) is 22.1. The maximum atomic E-state index is 12.9. The van der Waals surface area contributed by atoms with Crippen LogP contribution in [0.1, 0.15) is 259 Å². The van der Waals surface area contributed by atoms with Gasteiger partial charge in [-0.15, -0.1) is 0 Å². The molecule has 0 amide bonds. The monoisotopic (exact) mass is 971 g/mol. The molecular weight excluding hydrogens is 861 g/mol. The summed E-state index contributed by atoms with van der Waals surface area (Å²) in [5.41, 5.74) is 0. The molecule has 0 aromatic rings. The van der Waals surface area contributed by atoms with Gasteiger partial charge >= 0.3 is 0 Å². The molecule has 10 heteroatoms. The van der Waals surface area contributed by atoms with Gasteiger partial charge in [-0.3, -0.25) is 19.4 Å². The van der Waals surface area contributed by atoms with Crippen LogP contribution in [0, 0.1) is 0 Å². The van der Waals surface area contributed by atoms with Crippen molar-refractivity contribution in [3.63, 3.8) is 0 Å². The van der Waals surface area contributed by atoms with Gasteiger partial charge in [0.1, 0.15) is 0 Å². The summed E-state index contributed by atoms with van der Waals surface area (Å²) < 4.78 is 0. The number of carbonyl (C=O) groups is 2. The van der Waals surface area contributed by atoms with Crippen molar-refractivity contribution < 1.29 is 30.0 Å². The average molecular weight is 972 g/mol. The van der Waals surface area contributed by atoms with E-state index in [4.69, 9.17) is 0 Å². The zero-order chi connectivity index (χ0) is 48.6. The Balaban J connectivity index is 5.00. The molecule has 0 aliphatic heterocycles. The number of carbonyl (C=O) groups excluding carboxylic acids is 2.